The summed E-state index contributed by atoms with van der Waals surface area (Å²) in [6.07, 6.45) is 1.61. The average molecular weight is 386 g/mol. The van der Waals surface area contributed by atoms with Crippen LogP contribution in [-0.4, -0.2) is 46.7 Å². The first-order valence-corrected chi connectivity index (χ1v) is 9.16. The number of ketones is 1. The monoisotopic (exact) mass is 386 g/mol. The highest BCUT2D eigenvalue weighted by Crippen LogP contribution is 2.32. The zero-order chi connectivity index (χ0) is 20.6. The first kappa shape index (κ1) is 19.8. The number of nitrogens with one attached hydrogen (secondary N) is 1. The number of carbonyl (C=O) groups excluding carboxylic acids is 3. The lowest BCUT2D eigenvalue weighted by Gasteiger charge is -2.29. The van der Waals surface area contributed by atoms with Crippen LogP contribution in [0.3, 0.4) is 0 Å². The van der Waals surface area contributed by atoms with E-state index >= 15 is 0 Å². The fourth-order valence-electron chi connectivity index (χ4n) is 3.54. The van der Waals surface area contributed by atoms with Gasteiger partial charge in [-0.1, -0.05) is 6.07 Å². The van der Waals surface area contributed by atoms with E-state index in [4.69, 9.17) is 4.74 Å². The summed E-state index contributed by atoms with van der Waals surface area (Å²) in [5.41, 5.74) is 1.86. The number of benzene rings is 1. The molecule has 1 aromatic heterocycles. The number of H-pyrrole nitrogens is 1. The number of hydrogen-bond donors (Lipinski definition) is 1. The number of Topliss-reactive ketones (excluding diaryl/α,β-unsaturated/α-hetero) is 1. The summed E-state index contributed by atoms with van der Waals surface area (Å²) in [6, 6.07) is 4.67. The zero-order valence-electron chi connectivity index (χ0n) is 16.3. The number of ether oxygens (including phenoxy) is 1. The second-order valence-electron chi connectivity index (χ2n) is 7.11. The molecule has 0 bridgehead atoms. The van der Waals surface area contributed by atoms with Crippen molar-refractivity contribution < 1.29 is 23.5 Å². The Labute approximate surface area is 162 Å². The van der Waals surface area contributed by atoms with E-state index in [1.54, 1.807) is 26.8 Å². The summed E-state index contributed by atoms with van der Waals surface area (Å²) in [7, 11) is 1.27. The molecule has 1 amide bonds. The molecule has 0 saturated heterocycles. The van der Waals surface area contributed by atoms with Crippen molar-refractivity contribution in [1.82, 2.24) is 9.88 Å². The predicted octanol–water partition coefficient (Wildman–Crippen LogP) is 3.43. The van der Waals surface area contributed by atoms with Gasteiger partial charge in [-0.15, -0.1) is 0 Å². The minimum absolute atomic E-state index is 0.0469. The lowest BCUT2D eigenvalue weighted by Crippen LogP contribution is -2.45. The molecule has 28 heavy (non-hydrogen) atoms. The third-order valence-electron chi connectivity index (χ3n) is 5.12. The SMILES string of the molecule is COC(=O)c1[nH]c(C)c(C(=O)[C@H](C)N(C(=O)c2cccc(F)c2)C2CC2)c1C. The maximum atomic E-state index is 13.6. The maximum Gasteiger partial charge on any atom is 0.354 e. The highest BCUT2D eigenvalue weighted by Gasteiger charge is 2.40. The molecule has 6 nitrogen and oxygen atoms in total. The third-order valence-corrected chi connectivity index (χ3v) is 5.12. The van der Waals surface area contributed by atoms with Gasteiger partial charge < -0.3 is 14.6 Å². The van der Waals surface area contributed by atoms with Crippen molar-refractivity contribution in [2.24, 2.45) is 0 Å². The van der Waals surface area contributed by atoms with E-state index in [-0.39, 0.29) is 29.0 Å². The van der Waals surface area contributed by atoms with Crippen LogP contribution in [0.25, 0.3) is 0 Å². The Morgan fingerprint density at radius 2 is 1.93 bits per heavy atom. The molecule has 0 aliphatic heterocycles. The van der Waals surface area contributed by atoms with E-state index in [9.17, 15) is 18.8 Å². The molecule has 0 spiro atoms. The topological polar surface area (TPSA) is 79.5 Å². The van der Waals surface area contributed by atoms with Gasteiger partial charge in [-0.3, -0.25) is 9.59 Å². The van der Waals surface area contributed by atoms with E-state index in [2.05, 4.69) is 4.98 Å². The Hall–Kier alpha value is -2.96. The molecule has 148 valence electrons. The Morgan fingerprint density at radius 1 is 1.25 bits per heavy atom. The normalized spacial score (nSPS) is 14.5. The fraction of sp³-hybridized carbons (Fsp3) is 0.381. The fourth-order valence-corrected chi connectivity index (χ4v) is 3.54. The Morgan fingerprint density at radius 3 is 2.50 bits per heavy atom. The Kier molecular flexibility index (Phi) is 5.36. The standard InChI is InChI=1S/C21H23FN2O4/c1-11-17(12(2)23-18(11)21(27)28-4)19(25)13(3)24(16-8-9-16)20(26)14-6-5-7-15(22)10-14/h5-7,10,13,16,23H,8-9H2,1-4H3/t13-/m0/s1. The Bertz CT molecular complexity index is 946. The smallest absolute Gasteiger partial charge is 0.354 e. The van der Waals surface area contributed by atoms with Gasteiger partial charge in [0, 0.05) is 22.9 Å². The highest BCUT2D eigenvalue weighted by atomic mass is 19.1. The molecule has 0 radical (unpaired) electrons. The van der Waals surface area contributed by atoms with Crippen LogP contribution < -0.4 is 0 Å². The van der Waals surface area contributed by atoms with Crippen LogP contribution in [0.1, 0.15) is 62.2 Å². The minimum atomic E-state index is -0.748. The van der Waals surface area contributed by atoms with Crippen molar-refractivity contribution in [3.8, 4) is 0 Å². The lowest BCUT2D eigenvalue weighted by atomic mass is 9.99. The summed E-state index contributed by atoms with van der Waals surface area (Å²) in [4.78, 5) is 42.6. The lowest BCUT2D eigenvalue weighted by molar-refractivity contribution is 0.0591. The van der Waals surface area contributed by atoms with Crippen LogP contribution in [0.5, 0.6) is 0 Å². The first-order valence-electron chi connectivity index (χ1n) is 9.16. The van der Waals surface area contributed by atoms with Crippen molar-refractivity contribution in [2.45, 2.75) is 45.7 Å². The number of carbonyl (C=O) groups is 3. The second-order valence-corrected chi connectivity index (χ2v) is 7.11. The van der Waals surface area contributed by atoms with E-state index in [1.807, 2.05) is 0 Å². The number of aryl methyl sites for hydroxylation is 1. The predicted molar refractivity (Wildman–Crippen MR) is 101 cm³/mol. The number of methoxy groups -OCH3 is 1. The Balaban J connectivity index is 1.94. The van der Waals surface area contributed by atoms with Crippen LogP contribution >= 0.6 is 0 Å². The molecule has 1 aliphatic carbocycles. The molecule has 1 aliphatic rings. The quantitative estimate of drug-likeness (QED) is 0.609. The molecule has 1 N–H and O–H groups in total. The van der Waals surface area contributed by atoms with Gasteiger partial charge in [0.25, 0.3) is 5.91 Å². The van der Waals surface area contributed by atoms with Crippen LogP contribution in [0.2, 0.25) is 0 Å². The van der Waals surface area contributed by atoms with Crippen molar-refractivity contribution in [3.05, 3.63) is 58.2 Å². The number of rotatable bonds is 6. The molecule has 1 fully saturated rings. The number of aromatic nitrogens is 1. The molecule has 3 rings (SSSR count). The van der Waals surface area contributed by atoms with E-state index in [0.29, 0.717) is 16.8 Å². The number of nitrogens with zero attached hydrogens (tertiary/aromatic N) is 1. The molecule has 0 unspecified atom stereocenters. The van der Waals surface area contributed by atoms with Gasteiger partial charge in [0.1, 0.15) is 11.5 Å². The number of hydrogen-bond acceptors (Lipinski definition) is 4. The van der Waals surface area contributed by atoms with Crippen LogP contribution in [0.15, 0.2) is 24.3 Å². The summed E-state index contributed by atoms with van der Waals surface area (Å²) in [5.74, 6) is -1.69. The number of halogens is 1. The van der Waals surface area contributed by atoms with Gasteiger partial charge in [0.05, 0.1) is 13.2 Å². The number of aromatic amines is 1. The zero-order valence-corrected chi connectivity index (χ0v) is 16.3. The van der Waals surface area contributed by atoms with Crippen molar-refractivity contribution in [2.75, 3.05) is 7.11 Å². The highest BCUT2D eigenvalue weighted by molar-refractivity contribution is 6.07. The molecule has 1 saturated carbocycles. The first-order chi connectivity index (χ1) is 13.3. The van der Waals surface area contributed by atoms with Gasteiger partial charge >= 0.3 is 5.97 Å². The third kappa shape index (κ3) is 3.56. The average Bonchev–Trinajstić information content (AvgIpc) is 3.45. The van der Waals surface area contributed by atoms with Gasteiger partial charge in [0.2, 0.25) is 0 Å². The maximum absolute atomic E-state index is 13.6. The molecular formula is C21H23FN2O4. The molecule has 1 aromatic carbocycles. The van der Waals surface area contributed by atoms with Crippen molar-refractivity contribution >= 4 is 17.7 Å². The second kappa shape index (κ2) is 7.58. The summed E-state index contributed by atoms with van der Waals surface area (Å²) in [5, 5.41) is 0. The summed E-state index contributed by atoms with van der Waals surface area (Å²) >= 11 is 0. The van der Waals surface area contributed by atoms with Gasteiger partial charge in [-0.25, -0.2) is 9.18 Å². The van der Waals surface area contributed by atoms with Crippen LogP contribution in [-0.2, 0) is 4.74 Å². The summed E-state index contributed by atoms with van der Waals surface area (Å²) in [6.45, 7) is 5.04. The van der Waals surface area contributed by atoms with Crippen molar-refractivity contribution in [1.29, 1.82) is 0 Å². The van der Waals surface area contributed by atoms with E-state index in [1.165, 1.54) is 30.2 Å². The van der Waals surface area contributed by atoms with Gasteiger partial charge in [-0.05, 0) is 57.4 Å². The van der Waals surface area contributed by atoms with Crippen LogP contribution in [0.4, 0.5) is 4.39 Å². The summed E-state index contributed by atoms with van der Waals surface area (Å²) < 4.78 is 18.3. The van der Waals surface area contributed by atoms with Crippen molar-refractivity contribution in [3.63, 3.8) is 0 Å². The van der Waals surface area contributed by atoms with E-state index < -0.39 is 17.8 Å². The largest absolute Gasteiger partial charge is 0.464 e. The molecule has 2 aromatic rings. The molecule has 1 atom stereocenters. The van der Waals surface area contributed by atoms with Crippen LogP contribution in [0, 0.1) is 19.7 Å². The molecule has 1 heterocycles. The molecule has 7 heteroatoms. The van der Waals surface area contributed by atoms with Gasteiger partial charge in [0.15, 0.2) is 5.78 Å². The van der Waals surface area contributed by atoms with E-state index in [0.717, 1.165) is 12.8 Å². The minimum Gasteiger partial charge on any atom is -0.464 e. The molecular weight excluding hydrogens is 363 g/mol. The number of amides is 1. The van der Waals surface area contributed by atoms with Gasteiger partial charge in [-0.2, -0.15) is 0 Å². The number of esters is 1.